The summed E-state index contributed by atoms with van der Waals surface area (Å²) < 4.78 is 5.43. The Balaban J connectivity index is 2.01. The number of nitrogens with one attached hydrogen (secondary N) is 1. The maximum Gasteiger partial charge on any atom is 0.225 e. The molecule has 0 unspecified atom stereocenters. The van der Waals surface area contributed by atoms with Crippen molar-refractivity contribution < 1.29 is 4.74 Å². The van der Waals surface area contributed by atoms with Crippen LogP contribution in [0.25, 0.3) is 0 Å². The maximum atomic E-state index is 5.58. The van der Waals surface area contributed by atoms with Crippen LogP contribution in [0, 0.1) is 0 Å². The van der Waals surface area contributed by atoms with Gasteiger partial charge in [-0.1, -0.05) is 0 Å². The van der Waals surface area contributed by atoms with Gasteiger partial charge in [0.2, 0.25) is 11.8 Å². The topological polar surface area (TPSA) is 73.1 Å². The van der Waals surface area contributed by atoms with Crippen LogP contribution < -0.4 is 15.8 Å². The first-order valence-corrected chi connectivity index (χ1v) is 6.37. The van der Waals surface area contributed by atoms with Crippen LogP contribution in [-0.4, -0.2) is 34.6 Å². The lowest BCUT2D eigenvalue weighted by Gasteiger charge is -2.13. The second-order valence-corrected chi connectivity index (χ2v) is 5.17. The van der Waals surface area contributed by atoms with Crippen molar-refractivity contribution in [1.82, 2.24) is 9.97 Å². The molecule has 0 aromatic carbocycles. The lowest BCUT2D eigenvalue weighted by atomic mass is 10.4. The van der Waals surface area contributed by atoms with E-state index in [1.54, 1.807) is 13.2 Å². The molecule has 1 aliphatic rings. The SMILES string of the molecule is COc1cc(NCC2(SC)CC2)nc(N)n1. The molecule has 1 heterocycles. The zero-order valence-corrected chi connectivity index (χ0v) is 10.3. The summed E-state index contributed by atoms with van der Waals surface area (Å²) in [6.07, 6.45) is 4.67. The minimum atomic E-state index is 0.232. The number of nitrogens with two attached hydrogens (primary N) is 1. The highest BCUT2D eigenvalue weighted by molar-refractivity contribution is 8.00. The lowest BCUT2D eigenvalue weighted by Crippen LogP contribution is -2.18. The van der Waals surface area contributed by atoms with Crippen molar-refractivity contribution in [3.05, 3.63) is 6.07 Å². The Morgan fingerprint density at radius 2 is 2.31 bits per heavy atom. The summed E-state index contributed by atoms with van der Waals surface area (Å²) in [4.78, 5) is 8.05. The predicted molar refractivity (Wildman–Crippen MR) is 67.0 cm³/mol. The minimum Gasteiger partial charge on any atom is -0.481 e. The third-order valence-electron chi connectivity index (χ3n) is 2.76. The Bertz CT molecular complexity index is 381. The molecular weight excluding hydrogens is 224 g/mol. The number of aromatic nitrogens is 2. The van der Waals surface area contributed by atoms with E-state index in [4.69, 9.17) is 10.5 Å². The van der Waals surface area contributed by atoms with E-state index in [9.17, 15) is 0 Å². The first-order valence-electron chi connectivity index (χ1n) is 5.15. The van der Waals surface area contributed by atoms with E-state index in [-0.39, 0.29) is 5.95 Å². The summed E-state index contributed by atoms with van der Waals surface area (Å²) >= 11 is 1.90. The molecule has 1 fully saturated rings. The van der Waals surface area contributed by atoms with E-state index < -0.39 is 0 Å². The van der Waals surface area contributed by atoms with E-state index in [0.717, 1.165) is 12.4 Å². The fourth-order valence-corrected chi connectivity index (χ4v) is 2.21. The van der Waals surface area contributed by atoms with Gasteiger partial charge in [-0.2, -0.15) is 21.7 Å². The molecule has 88 valence electrons. The summed E-state index contributed by atoms with van der Waals surface area (Å²) in [5.41, 5.74) is 5.58. The highest BCUT2D eigenvalue weighted by Gasteiger charge is 2.41. The van der Waals surface area contributed by atoms with E-state index in [0.29, 0.717) is 10.6 Å². The summed E-state index contributed by atoms with van der Waals surface area (Å²) in [5.74, 6) is 1.45. The number of ether oxygens (including phenoxy) is 1. The standard InChI is InChI=1S/C10H16N4OS/c1-15-8-5-7(13-9(11)14-8)12-6-10(16-2)3-4-10/h5H,3-4,6H2,1-2H3,(H3,11,12,13,14). The smallest absolute Gasteiger partial charge is 0.225 e. The van der Waals surface area contributed by atoms with Gasteiger partial charge < -0.3 is 15.8 Å². The zero-order valence-electron chi connectivity index (χ0n) is 9.49. The molecule has 1 aromatic heterocycles. The molecule has 3 N–H and O–H groups in total. The molecule has 1 aromatic rings. The molecule has 0 saturated heterocycles. The second kappa shape index (κ2) is 4.37. The van der Waals surface area contributed by atoms with Crippen molar-refractivity contribution in [1.29, 1.82) is 0 Å². The van der Waals surface area contributed by atoms with E-state index in [1.807, 2.05) is 11.8 Å². The molecule has 0 bridgehead atoms. The first kappa shape index (κ1) is 11.3. The largest absolute Gasteiger partial charge is 0.481 e. The number of nitrogens with zero attached hydrogens (tertiary/aromatic N) is 2. The number of rotatable bonds is 5. The highest BCUT2D eigenvalue weighted by atomic mass is 32.2. The fraction of sp³-hybridized carbons (Fsp3) is 0.600. The van der Waals surface area contributed by atoms with Gasteiger partial charge in [0, 0.05) is 17.4 Å². The van der Waals surface area contributed by atoms with Gasteiger partial charge in [-0.3, -0.25) is 0 Å². The molecule has 0 radical (unpaired) electrons. The van der Waals surface area contributed by atoms with Crippen molar-refractivity contribution in [2.45, 2.75) is 17.6 Å². The molecule has 16 heavy (non-hydrogen) atoms. The third-order valence-corrected chi connectivity index (χ3v) is 4.18. The van der Waals surface area contributed by atoms with Gasteiger partial charge in [-0.05, 0) is 19.1 Å². The van der Waals surface area contributed by atoms with Crippen LogP contribution in [0.2, 0.25) is 0 Å². The van der Waals surface area contributed by atoms with E-state index >= 15 is 0 Å². The van der Waals surface area contributed by atoms with Crippen molar-refractivity contribution >= 4 is 23.5 Å². The van der Waals surface area contributed by atoms with Crippen LogP contribution in [-0.2, 0) is 0 Å². The summed E-state index contributed by atoms with van der Waals surface area (Å²) in [6, 6.07) is 1.76. The molecule has 0 amide bonds. The number of nitrogen functional groups attached to an aromatic ring is 1. The van der Waals surface area contributed by atoms with Gasteiger partial charge in [-0.25, -0.2) is 0 Å². The monoisotopic (exact) mass is 240 g/mol. The van der Waals surface area contributed by atoms with Crippen molar-refractivity contribution in [3.8, 4) is 5.88 Å². The summed E-state index contributed by atoms with van der Waals surface area (Å²) in [7, 11) is 1.57. The van der Waals surface area contributed by atoms with Crippen LogP contribution in [0.1, 0.15) is 12.8 Å². The normalized spacial score (nSPS) is 16.9. The number of anilines is 2. The Hall–Kier alpha value is -1.17. The third kappa shape index (κ3) is 2.49. The van der Waals surface area contributed by atoms with Gasteiger partial charge in [0.1, 0.15) is 5.82 Å². The van der Waals surface area contributed by atoms with Crippen LogP contribution in [0.15, 0.2) is 6.07 Å². The Morgan fingerprint density at radius 1 is 1.56 bits per heavy atom. The second-order valence-electron chi connectivity index (χ2n) is 3.89. The minimum absolute atomic E-state index is 0.232. The first-order chi connectivity index (χ1) is 7.67. The Morgan fingerprint density at radius 3 is 2.88 bits per heavy atom. The van der Waals surface area contributed by atoms with E-state index in [1.165, 1.54) is 12.8 Å². The maximum absolute atomic E-state index is 5.58. The van der Waals surface area contributed by atoms with Crippen molar-refractivity contribution in [2.24, 2.45) is 0 Å². The van der Waals surface area contributed by atoms with Crippen molar-refractivity contribution in [2.75, 3.05) is 31.0 Å². The quantitative estimate of drug-likeness (QED) is 0.810. The highest BCUT2D eigenvalue weighted by Crippen LogP contribution is 2.46. The molecule has 1 aliphatic carbocycles. The van der Waals surface area contributed by atoms with Crippen LogP contribution in [0.3, 0.4) is 0 Å². The number of thioether (sulfide) groups is 1. The Kier molecular flexibility index (Phi) is 3.09. The molecule has 0 atom stereocenters. The predicted octanol–water partition coefficient (Wildman–Crippen LogP) is 1.37. The summed E-state index contributed by atoms with van der Waals surface area (Å²) in [5, 5.41) is 3.28. The number of hydrogen-bond acceptors (Lipinski definition) is 6. The van der Waals surface area contributed by atoms with E-state index in [2.05, 4.69) is 21.5 Å². The Labute approximate surface area is 99.2 Å². The van der Waals surface area contributed by atoms with Gasteiger partial charge in [0.05, 0.1) is 7.11 Å². The molecule has 0 spiro atoms. The van der Waals surface area contributed by atoms with Gasteiger partial charge >= 0.3 is 0 Å². The number of hydrogen-bond donors (Lipinski definition) is 2. The average molecular weight is 240 g/mol. The molecule has 1 saturated carbocycles. The zero-order chi connectivity index (χ0) is 11.6. The van der Waals surface area contributed by atoms with Crippen LogP contribution >= 0.6 is 11.8 Å². The van der Waals surface area contributed by atoms with Crippen LogP contribution in [0.4, 0.5) is 11.8 Å². The molecule has 0 aliphatic heterocycles. The molecule has 6 heteroatoms. The fourth-order valence-electron chi connectivity index (χ4n) is 1.48. The van der Waals surface area contributed by atoms with Gasteiger partial charge in [-0.15, -0.1) is 0 Å². The average Bonchev–Trinajstić information content (AvgIpc) is 3.06. The number of methoxy groups -OCH3 is 1. The van der Waals surface area contributed by atoms with Gasteiger partial charge in [0.25, 0.3) is 0 Å². The van der Waals surface area contributed by atoms with Crippen LogP contribution in [0.5, 0.6) is 5.88 Å². The van der Waals surface area contributed by atoms with Crippen molar-refractivity contribution in [3.63, 3.8) is 0 Å². The van der Waals surface area contributed by atoms with Gasteiger partial charge in [0.15, 0.2) is 0 Å². The molecule has 2 rings (SSSR count). The molecule has 5 nitrogen and oxygen atoms in total. The lowest BCUT2D eigenvalue weighted by molar-refractivity contribution is 0.398. The molecular formula is C10H16N4OS. The summed E-state index contributed by atoms with van der Waals surface area (Å²) in [6.45, 7) is 0.910.